The van der Waals surface area contributed by atoms with Gasteiger partial charge in [-0.1, -0.05) is 48.5 Å². The van der Waals surface area contributed by atoms with Crippen LogP contribution in [0.15, 0.2) is 78.9 Å². The molecule has 0 unspecified atom stereocenters. The van der Waals surface area contributed by atoms with E-state index in [9.17, 15) is 5.11 Å². The number of aromatic hydroxyl groups is 1. The van der Waals surface area contributed by atoms with Gasteiger partial charge in [0.25, 0.3) is 0 Å². The van der Waals surface area contributed by atoms with Crippen LogP contribution < -0.4 is 9.47 Å². The Morgan fingerprint density at radius 2 is 1.17 bits per heavy atom. The quantitative estimate of drug-likeness (QED) is 0.226. The Balaban J connectivity index is 1.35. The third-order valence-electron chi connectivity index (χ3n) is 6.25. The minimum Gasteiger partial charge on any atom is -0.508 e. The van der Waals surface area contributed by atoms with Crippen LogP contribution in [0.3, 0.4) is 0 Å². The maximum Gasteiger partial charge on any atom is 0.192 e. The van der Waals surface area contributed by atoms with Gasteiger partial charge in [-0.05, 0) is 51.5 Å². The average Bonchev–Trinajstić information content (AvgIpc) is 3.37. The van der Waals surface area contributed by atoms with Crippen LogP contribution in [0.2, 0.25) is 0 Å². The van der Waals surface area contributed by atoms with E-state index in [-0.39, 0.29) is 5.75 Å². The number of rotatable bonds is 8. The molecule has 2 aromatic heterocycles. The van der Waals surface area contributed by atoms with Crippen LogP contribution in [-0.4, -0.2) is 26.3 Å². The largest absolute Gasteiger partial charge is 0.508 e. The van der Waals surface area contributed by atoms with E-state index >= 15 is 0 Å². The topological polar surface area (TPSA) is 70.3 Å². The van der Waals surface area contributed by atoms with Crippen molar-refractivity contribution in [2.75, 3.05) is 0 Å². The highest BCUT2D eigenvalue weighted by Gasteiger charge is 2.28. The number of phenolic OH excluding ortho intramolecular Hbond substituents is 1. The molecule has 0 aliphatic carbocycles. The third kappa shape index (κ3) is 5.14. The van der Waals surface area contributed by atoms with Gasteiger partial charge in [-0.25, -0.2) is 0 Å². The van der Waals surface area contributed by atoms with Crippen molar-refractivity contribution in [3.05, 3.63) is 90.0 Å². The second-order valence-electron chi connectivity index (χ2n) is 10.4. The van der Waals surface area contributed by atoms with Gasteiger partial charge in [0, 0.05) is 52.3 Å². The van der Waals surface area contributed by atoms with Crippen molar-refractivity contribution in [2.24, 2.45) is 0 Å². The van der Waals surface area contributed by atoms with Crippen LogP contribution in [0.4, 0.5) is 0 Å². The molecule has 3 N–H and O–H groups in total. The summed E-state index contributed by atoms with van der Waals surface area (Å²) in [7, 11) is 0. The minimum absolute atomic E-state index is 0.275. The molecule has 3 aromatic carbocycles. The van der Waals surface area contributed by atoms with Crippen molar-refractivity contribution in [1.82, 2.24) is 9.97 Å². The van der Waals surface area contributed by atoms with Gasteiger partial charge in [0.15, 0.2) is 11.8 Å². The molecule has 0 bridgehead atoms. The summed E-state index contributed by atoms with van der Waals surface area (Å²) in [5.41, 5.74) is 2.97. The van der Waals surface area contributed by atoms with E-state index in [1.54, 1.807) is 6.07 Å². The number of H-pyrrole nitrogens is 2. The van der Waals surface area contributed by atoms with Crippen LogP contribution in [0.1, 0.15) is 38.8 Å². The lowest BCUT2D eigenvalue weighted by Gasteiger charge is -2.30. The molecule has 180 valence electrons. The maximum atomic E-state index is 10.8. The number of para-hydroxylation sites is 2. The number of nitrogens with one attached hydrogen (secondary N) is 2. The lowest BCUT2D eigenvalue weighted by Crippen LogP contribution is -2.34. The van der Waals surface area contributed by atoms with Gasteiger partial charge in [-0.3, -0.25) is 0 Å². The number of hydrogen-bond donors (Lipinski definition) is 3. The van der Waals surface area contributed by atoms with E-state index in [1.165, 1.54) is 0 Å². The van der Waals surface area contributed by atoms with Gasteiger partial charge in [-0.2, -0.15) is 0 Å². The highest BCUT2D eigenvalue weighted by molar-refractivity contribution is 5.81. The van der Waals surface area contributed by atoms with Crippen LogP contribution in [-0.2, 0) is 12.8 Å². The first-order valence-corrected chi connectivity index (χ1v) is 12.0. The van der Waals surface area contributed by atoms with Crippen molar-refractivity contribution in [3.8, 4) is 17.5 Å². The molecular weight excluding hydrogens is 436 g/mol. The van der Waals surface area contributed by atoms with Crippen molar-refractivity contribution in [2.45, 2.75) is 51.7 Å². The van der Waals surface area contributed by atoms with Crippen molar-refractivity contribution < 1.29 is 14.6 Å². The Morgan fingerprint density at radius 3 is 1.71 bits per heavy atom. The molecule has 0 aliphatic heterocycles. The van der Waals surface area contributed by atoms with Crippen molar-refractivity contribution in [1.29, 1.82) is 0 Å². The Labute approximate surface area is 205 Å². The van der Waals surface area contributed by atoms with E-state index in [2.05, 4.69) is 42.0 Å². The molecule has 0 amide bonds. The molecule has 0 saturated carbocycles. The highest BCUT2D eigenvalue weighted by atomic mass is 16.5. The lowest BCUT2D eigenvalue weighted by molar-refractivity contribution is 0.0976. The fraction of sp³-hybridized carbons (Fsp3) is 0.267. The van der Waals surface area contributed by atoms with Crippen molar-refractivity contribution >= 4 is 21.8 Å². The summed E-state index contributed by atoms with van der Waals surface area (Å²) in [4.78, 5) is 6.68. The predicted octanol–water partition coefficient (Wildman–Crippen LogP) is 7.16. The molecule has 0 atom stereocenters. The van der Waals surface area contributed by atoms with Crippen molar-refractivity contribution in [3.63, 3.8) is 0 Å². The van der Waals surface area contributed by atoms with Gasteiger partial charge in [0.2, 0.25) is 0 Å². The van der Waals surface area contributed by atoms with Crippen LogP contribution in [0, 0.1) is 0 Å². The number of ether oxygens (including phenoxy) is 2. The fourth-order valence-corrected chi connectivity index (χ4v) is 4.75. The van der Waals surface area contributed by atoms with E-state index in [1.807, 2.05) is 68.4 Å². The molecule has 5 aromatic rings. The van der Waals surface area contributed by atoms with Gasteiger partial charge in [-0.15, -0.1) is 0 Å². The summed E-state index contributed by atoms with van der Waals surface area (Å²) in [5.74, 6) is 1.73. The Morgan fingerprint density at radius 1 is 0.657 bits per heavy atom. The van der Waals surface area contributed by atoms with Gasteiger partial charge < -0.3 is 24.5 Å². The summed E-state index contributed by atoms with van der Waals surface area (Å²) in [6.07, 6.45) is 1.18. The second-order valence-corrected chi connectivity index (χ2v) is 10.4. The number of phenols is 1. The number of hydrogen-bond acceptors (Lipinski definition) is 3. The molecule has 0 fully saturated rings. The SMILES string of the molecule is CC(C)(Cc1cccc(O)c1CC(C)(C)Oc1cc2ccccc2[nH]1)Oc1cc2ccccc2[nH]1. The van der Waals surface area contributed by atoms with E-state index in [4.69, 9.17) is 9.47 Å². The van der Waals surface area contributed by atoms with Crippen LogP contribution in [0.25, 0.3) is 21.8 Å². The monoisotopic (exact) mass is 468 g/mol. The summed E-state index contributed by atoms with van der Waals surface area (Å²) in [6, 6.07) is 26.0. The maximum absolute atomic E-state index is 10.8. The number of fused-ring (bicyclic) bond motifs is 2. The first kappa shape index (κ1) is 22.9. The fourth-order valence-electron chi connectivity index (χ4n) is 4.75. The lowest BCUT2D eigenvalue weighted by atomic mass is 9.88. The second kappa shape index (κ2) is 8.73. The number of aromatic amines is 2. The summed E-state index contributed by atoms with van der Waals surface area (Å²) >= 11 is 0. The molecule has 2 heterocycles. The Kier molecular flexibility index (Phi) is 5.72. The highest BCUT2D eigenvalue weighted by Crippen LogP contribution is 2.33. The van der Waals surface area contributed by atoms with Gasteiger partial charge in [0.05, 0.1) is 0 Å². The van der Waals surface area contributed by atoms with E-state index in [0.29, 0.717) is 12.8 Å². The molecule has 5 heteroatoms. The zero-order chi connectivity index (χ0) is 24.6. The third-order valence-corrected chi connectivity index (χ3v) is 6.25. The summed E-state index contributed by atoms with van der Waals surface area (Å²) < 4.78 is 12.7. The Bertz CT molecular complexity index is 1410. The molecule has 35 heavy (non-hydrogen) atoms. The number of benzene rings is 3. The normalized spacial score (nSPS) is 12.3. The van der Waals surface area contributed by atoms with E-state index < -0.39 is 11.2 Å². The summed E-state index contributed by atoms with van der Waals surface area (Å²) in [6.45, 7) is 8.22. The average molecular weight is 469 g/mol. The summed E-state index contributed by atoms with van der Waals surface area (Å²) in [5, 5.41) is 13.0. The molecule has 0 radical (unpaired) electrons. The first-order chi connectivity index (χ1) is 16.7. The van der Waals surface area contributed by atoms with Crippen LogP contribution >= 0.6 is 0 Å². The van der Waals surface area contributed by atoms with Gasteiger partial charge in [0.1, 0.15) is 17.0 Å². The first-order valence-electron chi connectivity index (χ1n) is 12.0. The molecule has 0 saturated heterocycles. The van der Waals surface area contributed by atoms with E-state index in [0.717, 1.165) is 44.7 Å². The predicted molar refractivity (Wildman–Crippen MR) is 142 cm³/mol. The zero-order valence-corrected chi connectivity index (χ0v) is 20.7. The smallest absolute Gasteiger partial charge is 0.192 e. The molecular formula is C30H32N2O3. The molecule has 5 rings (SSSR count). The zero-order valence-electron chi connectivity index (χ0n) is 20.7. The molecule has 0 aliphatic rings. The molecule has 0 spiro atoms. The minimum atomic E-state index is -0.545. The number of aromatic nitrogens is 2. The standard InChI is InChI=1S/C30H32N2O3/c1-29(2,34-27-16-20-10-5-7-13-24(20)31-27)18-22-12-9-15-26(33)23(22)19-30(3,4)35-28-17-21-11-6-8-14-25(21)32-28/h5-17,31-33H,18-19H2,1-4H3. The van der Waals surface area contributed by atoms with Gasteiger partial charge >= 0.3 is 0 Å². The van der Waals surface area contributed by atoms with Crippen LogP contribution in [0.5, 0.6) is 17.5 Å². The molecule has 5 nitrogen and oxygen atoms in total. The Hall–Kier alpha value is -3.86.